The third kappa shape index (κ3) is 3.73. The number of aliphatic hydroxyl groups excluding tert-OH is 1. The largest absolute Gasteiger partial charge is 0.433 e. The van der Waals surface area contributed by atoms with Crippen molar-refractivity contribution >= 4 is 11.8 Å². The fourth-order valence-corrected chi connectivity index (χ4v) is 2.54. The molecule has 21 heavy (non-hydrogen) atoms. The van der Waals surface area contributed by atoms with Crippen LogP contribution in [0.4, 0.5) is 24.9 Å². The molecule has 1 aliphatic rings. The van der Waals surface area contributed by atoms with Crippen molar-refractivity contribution in [2.75, 3.05) is 23.9 Å². The number of aliphatic hydroxyl groups is 1. The van der Waals surface area contributed by atoms with Crippen molar-refractivity contribution in [1.82, 2.24) is 9.97 Å². The Balaban J connectivity index is 2.15. The highest BCUT2D eigenvalue weighted by Crippen LogP contribution is 2.38. The zero-order valence-corrected chi connectivity index (χ0v) is 11.4. The third-order valence-electron chi connectivity index (χ3n) is 3.79. The van der Waals surface area contributed by atoms with Crippen molar-refractivity contribution < 1.29 is 18.3 Å². The maximum Gasteiger partial charge on any atom is 0.433 e. The molecule has 0 aliphatic heterocycles. The second-order valence-electron chi connectivity index (χ2n) is 5.32. The summed E-state index contributed by atoms with van der Waals surface area (Å²) in [7, 11) is 0. The number of nitrogens with one attached hydrogen (secondary N) is 2. The van der Waals surface area contributed by atoms with Gasteiger partial charge in [0, 0.05) is 18.0 Å². The number of nitrogens with zero attached hydrogens (tertiary/aromatic N) is 2. The summed E-state index contributed by atoms with van der Waals surface area (Å²) in [5, 5.41) is 12.4. The van der Waals surface area contributed by atoms with Gasteiger partial charge in [-0.25, -0.2) is 10.8 Å². The molecular formula is C12H18F3N5O. The number of hydrazine groups is 1. The molecule has 9 heteroatoms. The van der Waals surface area contributed by atoms with Crippen molar-refractivity contribution in [3.8, 4) is 0 Å². The molecule has 0 bridgehead atoms. The average Bonchev–Trinajstić information content (AvgIpc) is 2.93. The van der Waals surface area contributed by atoms with E-state index in [0.29, 0.717) is 6.54 Å². The van der Waals surface area contributed by atoms with Crippen LogP contribution in [0.1, 0.15) is 31.4 Å². The van der Waals surface area contributed by atoms with Gasteiger partial charge in [0.2, 0.25) is 5.95 Å². The predicted octanol–water partition coefficient (Wildman–Crippen LogP) is 1.75. The molecule has 2 rings (SSSR count). The van der Waals surface area contributed by atoms with E-state index in [1.165, 1.54) is 0 Å². The molecule has 118 valence electrons. The minimum atomic E-state index is -4.58. The lowest BCUT2D eigenvalue weighted by atomic mass is 9.87. The van der Waals surface area contributed by atoms with Gasteiger partial charge >= 0.3 is 6.18 Å². The van der Waals surface area contributed by atoms with Crippen LogP contribution in [0.3, 0.4) is 0 Å². The maximum absolute atomic E-state index is 12.7. The molecule has 5 N–H and O–H groups in total. The molecule has 1 heterocycles. The molecule has 0 amide bonds. The molecule has 0 spiro atoms. The first-order valence-electron chi connectivity index (χ1n) is 6.66. The zero-order chi connectivity index (χ0) is 15.5. The van der Waals surface area contributed by atoms with Crippen LogP contribution in [0.15, 0.2) is 6.07 Å². The van der Waals surface area contributed by atoms with Crippen molar-refractivity contribution in [2.45, 2.75) is 31.9 Å². The van der Waals surface area contributed by atoms with Crippen LogP contribution in [-0.2, 0) is 6.18 Å². The van der Waals surface area contributed by atoms with Gasteiger partial charge < -0.3 is 10.4 Å². The minimum Gasteiger partial charge on any atom is -0.396 e. The molecule has 6 nitrogen and oxygen atoms in total. The van der Waals surface area contributed by atoms with Gasteiger partial charge in [-0.3, -0.25) is 5.43 Å². The number of aromatic nitrogens is 2. The number of nitrogen functional groups attached to an aromatic ring is 1. The monoisotopic (exact) mass is 305 g/mol. The number of anilines is 2. The lowest BCUT2D eigenvalue weighted by Gasteiger charge is -2.27. The van der Waals surface area contributed by atoms with Crippen LogP contribution in [0, 0.1) is 5.41 Å². The number of hydrogen-bond acceptors (Lipinski definition) is 6. The van der Waals surface area contributed by atoms with Gasteiger partial charge in [0.1, 0.15) is 5.82 Å². The van der Waals surface area contributed by atoms with Crippen molar-refractivity contribution in [3.63, 3.8) is 0 Å². The van der Waals surface area contributed by atoms with E-state index in [1.54, 1.807) is 0 Å². The van der Waals surface area contributed by atoms with Crippen LogP contribution in [-0.4, -0.2) is 28.2 Å². The van der Waals surface area contributed by atoms with Gasteiger partial charge in [-0.15, -0.1) is 0 Å². The molecular weight excluding hydrogens is 287 g/mol. The molecule has 1 saturated carbocycles. The Morgan fingerprint density at radius 3 is 2.48 bits per heavy atom. The molecule has 1 aliphatic carbocycles. The van der Waals surface area contributed by atoms with Crippen LogP contribution in [0.5, 0.6) is 0 Å². The van der Waals surface area contributed by atoms with Crippen LogP contribution < -0.4 is 16.6 Å². The summed E-state index contributed by atoms with van der Waals surface area (Å²) in [6.45, 7) is 0.362. The van der Waals surface area contributed by atoms with Crippen LogP contribution in [0.2, 0.25) is 0 Å². The van der Waals surface area contributed by atoms with Gasteiger partial charge in [0.25, 0.3) is 0 Å². The molecule has 0 aromatic carbocycles. The Hall–Kier alpha value is -1.61. The Kier molecular flexibility index (Phi) is 4.52. The van der Waals surface area contributed by atoms with E-state index in [9.17, 15) is 18.3 Å². The smallest absolute Gasteiger partial charge is 0.396 e. The summed E-state index contributed by atoms with van der Waals surface area (Å²) in [6.07, 6.45) is -0.872. The normalized spacial score (nSPS) is 17.8. The highest BCUT2D eigenvalue weighted by molar-refractivity contribution is 5.42. The Labute approximate surface area is 119 Å². The SMILES string of the molecule is NNc1nc(NCC2(CO)CCCC2)cc(C(F)(F)F)n1. The van der Waals surface area contributed by atoms with Crippen molar-refractivity contribution in [3.05, 3.63) is 11.8 Å². The maximum atomic E-state index is 12.7. The molecule has 1 fully saturated rings. The highest BCUT2D eigenvalue weighted by Gasteiger charge is 2.35. The van der Waals surface area contributed by atoms with Gasteiger partial charge in [-0.2, -0.15) is 18.2 Å². The van der Waals surface area contributed by atoms with Gasteiger partial charge in [-0.05, 0) is 12.8 Å². The summed E-state index contributed by atoms with van der Waals surface area (Å²) >= 11 is 0. The zero-order valence-electron chi connectivity index (χ0n) is 11.4. The molecule has 1 aromatic rings. The molecule has 0 atom stereocenters. The Morgan fingerprint density at radius 2 is 1.95 bits per heavy atom. The fourth-order valence-electron chi connectivity index (χ4n) is 2.54. The second-order valence-corrected chi connectivity index (χ2v) is 5.32. The third-order valence-corrected chi connectivity index (χ3v) is 3.79. The predicted molar refractivity (Wildman–Crippen MR) is 71.3 cm³/mol. The van der Waals surface area contributed by atoms with E-state index in [0.717, 1.165) is 31.7 Å². The van der Waals surface area contributed by atoms with Gasteiger partial charge in [0.05, 0.1) is 6.61 Å². The molecule has 0 unspecified atom stereocenters. The Morgan fingerprint density at radius 1 is 1.29 bits per heavy atom. The van der Waals surface area contributed by atoms with Crippen molar-refractivity contribution in [2.24, 2.45) is 11.3 Å². The first-order chi connectivity index (χ1) is 9.88. The summed E-state index contributed by atoms with van der Waals surface area (Å²) in [6, 6.07) is 0.834. The quantitative estimate of drug-likeness (QED) is 0.489. The number of hydrogen-bond donors (Lipinski definition) is 4. The summed E-state index contributed by atoms with van der Waals surface area (Å²) < 4.78 is 38.2. The van der Waals surface area contributed by atoms with Crippen LogP contribution >= 0.6 is 0 Å². The minimum absolute atomic E-state index is 0.000786. The average molecular weight is 305 g/mol. The molecule has 0 saturated heterocycles. The molecule has 0 radical (unpaired) electrons. The van der Waals surface area contributed by atoms with E-state index in [4.69, 9.17) is 5.84 Å². The fraction of sp³-hybridized carbons (Fsp3) is 0.667. The number of alkyl halides is 3. The van der Waals surface area contributed by atoms with E-state index in [1.807, 2.05) is 5.43 Å². The summed E-state index contributed by atoms with van der Waals surface area (Å²) in [5.41, 5.74) is 0.656. The number of halogens is 3. The van der Waals surface area contributed by atoms with E-state index in [2.05, 4.69) is 15.3 Å². The number of nitrogens with two attached hydrogens (primary N) is 1. The number of rotatable bonds is 5. The highest BCUT2D eigenvalue weighted by atomic mass is 19.4. The second kappa shape index (κ2) is 6.02. The van der Waals surface area contributed by atoms with Crippen LogP contribution in [0.25, 0.3) is 0 Å². The topological polar surface area (TPSA) is 96.1 Å². The first-order valence-corrected chi connectivity index (χ1v) is 6.66. The molecule has 1 aromatic heterocycles. The summed E-state index contributed by atoms with van der Waals surface area (Å²) in [5.74, 6) is 4.82. The summed E-state index contributed by atoms with van der Waals surface area (Å²) in [4.78, 5) is 7.13. The van der Waals surface area contributed by atoms with E-state index < -0.39 is 11.9 Å². The lowest BCUT2D eigenvalue weighted by Crippen LogP contribution is -2.31. The van der Waals surface area contributed by atoms with Crippen molar-refractivity contribution in [1.29, 1.82) is 0 Å². The van der Waals surface area contributed by atoms with Gasteiger partial charge in [0.15, 0.2) is 5.69 Å². The first kappa shape index (κ1) is 15.8. The Bertz CT molecular complexity index is 488. The van der Waals surface area contributed by atoms with E-state index in [-0.39, 0.29) is 23.8 Å². The standard InChI is InChI=1S/C12H18F3N5O/c13-12(14,15)8-5-9(19-10(18-8)20-16)17-6-11(7-21)3-1-2-4-11/h5,21H,1-4,6-7,16H2,(H2,17,18,19,20). The van der Waals surface area contributed by atoms with E-state index >= 15 is 0 Å². The lowest BCUT2D eigenvalue weighted by molar-refractivity contribution is -0.141. The van der Waals surface area contributed by atoms with Gasteiger partial charge in [-0.1, -0.05) is 12.8 Å².